The molecule has 132 valence electrons. The predicted octanol–water partition coefficient (Wildman–Crippen LogP) is 5.23. The predicted molar refractivity (Wildman–Crippen MR) is 106 cm³/mol. The Hall–Kier alpha value is -2.83. The van der Waals surface area contributed by atoms with Gasteiger partial charge in [0.1, 0.15) is 5.82 Å². The van der Waals surface area contributed by atoms with Gasteiger partial charge in [0.05, 0.1) is 0 Å². The first-order chi connectivity index (χ1) is 12.5. The molecule has 8 heteroatoms. The van der Waals surface area contributed by atoms with Gasteiger partial charge in [0.25, 0.3) is 0 Å². The lowest BCUT2D eigenvalue weighted by atomic mass is 10.2. The smallest absolute Gasteiger partial charge is 0.229 e. The van der Waals surface area contributed by atoms with E-state index in [-0.39, 0.29) is 5.91 Å². The lowest BCUT2D eigenvalue weighted by Crippen LogP contribution is -2.06. The van der Waals surface area contributed by atoms with Crippen LogP contribution in [0.4, 0.5) is 28.8 Å². The largest absolute Gasteiger partial charge is 0.340 e. The summed E-state index contributed by atoms with van der Waals surface area (Å²) in [6, 6.07) is 14.2. The third kappa shape index (κ3) is 5.08. The van der Waals surface area contributed by atoms with Crippen LogP contribution in [0.15, 0.2) is 54.7 Å². The average Bonchev–Trinajstić information content (AvgIpc) is 2.54. The van der Waals surface area contributed by atoms with Crippen molar-refractivity contribution < 1.29 is 4.79 Å². The zero-order valence-electron chi connectivity index (χ0n) is 13.8. The number of carbonyl (C=O) groups excluding carboxylic acids is 1. The van der Waals surface area contributed by atoms with Crippen molar-refractivity contribution in [3.63, 3.8) is 0 Å². The summed E-state index contributed by atoms with van der Waals surface area (Å²) in [4.78, 5) is 19.8. The summed E-state index contributed by atoms with van der Waals surface area (Å²) in [5, 5.41) is 10.0. The number of rotatable bonds is 5. The van der Waals surface area contributed by atoms with Crippen LogP contribution in [0.25, 0.3) is 0 Å². The van der Waals surface area contributed by atoms with E-state index in [1.54, 1.807) is 42.6 Å². The minimum absolute atomic E-state index is 0.134. The second kappa shape index (κ2) is 8.03. The molecular weight excluding hydrogens is 373 g/mol. The molecule has 0 bridgehead atoms. The summed E-state index contributed by atoms with van der Waals surface area (Å²) in [5.74, 6) is 0.853. The lowest BCUT2D eigenvalue weighted by Gasteiger charge is -2.10. The number of nitrogens with one attached hydrogen (secondary N) is 3. The Kier molecular flexibility index (Phi) is 5.55. The van der Waals surface area contributed by atoms with Crippen molar-refractivity contribution in [1.82, 2.24) is 9.97 Å². The van der Waals surface area contributed by atoms with Gasteiger partial charge in [-0.1, -0.05) is 29.3 Å². The molecule has 6 nitrogen and oxygen atoms in total. The van der Waals surface area contributed by atoms with Crippen molar-refractivity contribution in [3.8, 4) is 0 Å². The molecule has 3 aromatic rings. The van der Waals surface area contributed by atoms with Crippen LogP contribution in [-0.4, -0.2) is 15.9 Å². The van der Waals surface area contributed by atoms with Crippen LogP contribution in [-0.2, 0) is 4.79 Å². The highest BCUT2D eigenvalue weighted by molar-refractivity contribution is 6.35. The van der Waals surface area contributed by atoms with Crippen molar-refractivity contribution in [2.75, 3.05) is 16.0 Å². The highest BCUT2D eigenvalue weighted by Gasteiger charge is 2.04. The molecule has 0 fully saturated rings. The molecule has 3 N–H and O–H groups in total. The van der Waals surface area contributed by atoms with Gasteiger partial charge in [-0.25, -0.2) is 4.98 Å². The number of hydrogen-bond donors (Lipinski definition) is 3. The number of carbonyl (C=O) groups is 1. The van der Waals surface area contributed by atoms with E-state index in [9.17, 15) is 4.79 Å². The number of anilines is 5. The molecule has 0 aliphatic rings. The van der Waals surface area contributed by atoms with E-state index in [0.29, 0.717) is 27.5 Å². The number of aromatic nitrogens is 2. The highest BCUT2D eigenvalue weighted by atomic mass is 35.5. The number of nitrogens with zero attached hydrogens (tertiary/aromatic N) is 2. The van der Waals surface area contributed by atoms with E-state index in [4.69, 9.17) is 23.2 Å². The summed E-state index contributed by atoms with van der Waals surface area (Å²) < 4.78 is 0. The van der Waals surface area contributed by atoms with Crippen LogP contribution < -0.4 is 16.0 Å². The summed E-state index contributed by atoms with van der Waals surface area (Å²) in [5.41, 5.74) is 2.16. The number of hydrogen-bond acceptors (Lipinski definition) is 5. The van der Waals surface area contributed by atoms with Crippen molar-refractivity contribution in [2.24, 2.45) is 0 Å². The minimum atomic E-state index is -0.134. The van der Waals surface area contributed by atoms with Gasteiger partial charge >= 0.3 is 0 Å². The van der Waals surface area contributed by atoms with Crippen LogP contribution in [0.2, 0.25) is 10.0 Å². The highest BCUT2D eigenvalue weighted by Crippen LogP contribution is 2.25. The van der Waals surface area contributed by atoms with E-state index in [2.05, 4.69) is 25.9 Å². The molecule has 2 aromatic carbocycles. The summed E-state index contributed by atoms with van der Waals surface area (Å²) in [6.45, 7) is 1.46. The molecule has 1 heterocycles. The molecule has 0 spiro atoms. The van der Waals surface area contributed by atoms with Gasteiger partial charge in [-0.05, 0) is 42.5 Å². The van der Waals surface area contributed by atoms with Crippen LogP contribution in [0, 0.1) is 0 Å². The second-order valence-electron chi connectivity index (χ2n) is 5.44. The minimum Gasteiger partial charge on any atom is -0.340 e. The number of halogens is 2. The topological polar surface area (TPSA) is 78.9 Å². The van der Waals surface area contributed by atoms with E-state index in [0.717, 1.165) is 11.4 Å². The summed E-state index contributed by atoms with van der Waals surface area (Å²) in [7, 11) is 0. The third-order valence-electron chi connectivity index (χ3n) is 3.23. The molecule has 0 radical (unpaired) electrons. The monoisotopic (exact) mass is 387 g/mol. The zero-order valence-corrected chi connectivity index (χ0v) is 15.3. The fourth-order valence-electron chi connectivity index (χ4n) is 2.27. The fraction of sp³-hybridized carbons (Fsp3) is 0.0556. The first-order valence-electron chi connectivity index (χ1n) is 7.69. The Morgan fingerprint density at radius 1 is 0.923 bits per heavy atom. The van der Waals surface area contributed by atoms with Crippen LogP contribution in [0.1, 0.15) is 6.92 Å². The van der Waals surface area contributed by atoms with Gasteiger partial charge in [-0.3, -0.25) is 4.79 Å². The Labute approximate surface area is 160 Å². The molecule has 0 aliphatic heterocycles. The molecule has 0 saturated carbocycles. The molecular formula is C18H15Cl2N5O. The molecule has 26 heavy (non-hydrogen) atoms. The first kappa shape index (κ1) is 18.0. The van der Waals surface area contributed by atoms with E-state index < -0.39 is 0 Å². The maximum Gasteiger partial charge on any atom is 0.229 e. The average molecular weight is 388 g/mol. The van der Waals surface area contributed by atoms with Crippen molar-refractivity contribution in [1.29, 1.82) is 0 Å². The standard InChI is InChI=1S/C18H15Cl2N5O/c1-11(26)22-14-3-2-4-15(10-14)24-18-21-6-5-17(25-18)23-16-8-12(19)7-13(20)9-16/h2-10H,1H3,(H,22,26)(H2,21,23,24,25). The van der Waals surface area contributed by atoms with E-state index in [1.165, 1.54) is 6.92 Å². The fourth-order valence-corrected chi connectivity index (χ4v) is 2.80. The van der Waals surface area contributed by atoms with Crippen molar-refractivity contribution in [3.05, 3.63) is 64.8 Å². The molecule has 0 unspecified atom stereocenters. The Morgan fingerprint density at radius 2 is 1.65 bits per heavy atom. The van der Waals surface area contributed by atoms with E-state index in [1.807, 2.05) is 12.1 Å². The quantitative estimate of drug-likeness (QED) is 0.558. The molecule has 1 aromatic heterocycles. The van der Waals surface area contributed by atoms with Gasteiger partial charge in [0.15, 0.2) is 0 Å². The SMILES string of the molecule is CC(=O)Nc1cccc(Nc2nccc(Nc3cc(Cl)cc(Cl)c3)n2)c1. The Morgan fingerprint density at radius 3 is 2.38 bits per heavy atom. The van der Waals surface area contributed by atoms with Crippen molar-refractivity contribution >= 4 is 57.9 Å². The molecule has 0 saturated heterocycles. The molecule has 0 aliphatic carbocycles. The van der Waals surface area contributed by atoms with Gasteiger partial charge in [0, 0.05) is 40.2 Å². The van der Waals surface area contributed by atoms with Gasteiger partial charge in [0.2, 0.25) is 11.9 Å². The molecule has 0 atom stereocenters. The Balaban J connectivity index is 1.76. The van der Waals surface area contributed by atoms with Crippen LogP contribution in [0.3, 0.4) is 0 Å². The van der Waals surface area contributed by atoms with Crippen LogP contribution in [0.5, 0.6) is 0 Å². The van der Waals surface area contributed by atoms with Gasteiger partial charge in [-0.2, -0.15) is 4.98 Å². The maximum absolute atomic E-state index is 11.2. The third-order valence-corrected chi connectivity index (χ3v) is 3.67. The first-order valence-corrected chi connectivity index (χ1v) is 8.44. The number of amides is 1. The normalized spacial score (nSPS) is 10.3. The summed E-state index contributed by atoms with van der Waals surface area (Å²) in [6.07, 6.45) is 1.63. The van der Waals surface area contributed by atoms with E-state index >= 15 is 0 Å². The maximum atomic E-state index is 11.2. The van der Waals surface area contributed by atoms with Gasteiger partial charge < -0.3 is 16.0 Å². The summed E-state index contributed by atoms with van der Waals surface area (Å²) >= 11 is 12.0. The molecule has 3 rings (SSSR count). The van der Waals surface area contributed by atoms with Crippen molar-refractivity contribution in [2.45, 2.75) is 6.92 Å². The van der Waals surface area contributed by atoms with Gasteiger partial charge in [-0.15, -0.1) is 0 Å². The second-order valence-corrected chi connectivity index (χ2v) is 6.31. The zero-order chi connectivity index (χ0) is 18.5. The molecule has 1 amide bonds. The lowest BCUT2D eigenvalue weighted by molar-refractivity contribution is -0.114. The Bertz CT molecular complexity index is 928. The van der Waals surface area contributed by atoms with Crippen LogP contribution >= 0.6 is 23.2 Å². The number of benzene rings is 2.